The molecule has 1 unspecified atom stereocenters. The molecule has 0 aliphatic carbocycles. The molecule has 0 spiro atoms. The van der Waals surface area contributed by atoms with Crippen LogP contribution in [0, 0.1) is 0 Å². The number of hydrogen-bond acceptors (Lipinski definition) is 4. The lowest BCUT2D eigenvalue weighted by Crippen LogP contribution is -2.35. The fraction of sp³-hybridized carbons (Fsp3) is 0.900. The summed E-state index contributed by atoms with van der Waals surface area (Å²) in [5.74, 6) is 1.02. The Bertz CT molecular complexity index is 200. The molecular weight excluding hydrogens is 178 g/mol. The van der Waals surface area contributed by atoms with Crippen molar-refractivity contribution in [2.75, 3.05) is 32.8 Å². The van der Waals surface area contributed by atoms with Crippen molar-refractivity contribution in [2.24, 2.45) is 4.99 Å². The summed E-state index contributed by atoms with van der Waals surface area (Å²) in [5, 5.41) is 6.82. The fourth-order valence-corrected chi connectivity index (χ4v) is 1.96. The summed E-state index contributed by atoms with van der Waals surface area (Å²) in [6.45, 7) is 4.45. The second-order valence-electron chi connectivity index (χ2n) is 3.89. The first-order valence-corrected chi connectivity index (χ1v) is 5.53. The molecule has 2 N–H and O–H groups in total. The number of hydrogen-bond donors (Lipinski definition) is 2. The van der Waals surface area contributed by atoms with E-state index in [1.54, 1.807) is 0 Å². The van der Waals surface area contributed by atoms with Crippen LogP contribution < -0.4 is 10.6 Å². The largest absolute Gasteiger partial charge is 0.372 e. The van der Waals surface area contributed by atoms with E-state index in [0.717, 1.165) is 25.5 Å². The Balaban J connectivity index is 1.59. The van der Waals surface area contributed by atoms with Gasteiger partial charge in [0.25, 0.3) is 0 Å². The van der Waals surface area contributed by atoms with Gasteiger partial charge in [0.2, 0.25) is 0 Å². The maximum Gasteiger partial charge on any atom is 0.123 e. The molecule has 0 aromatic carbocycles. The van der Waals surface area contributed by atoms with E-state index in [9.17, 15) is 0 Å². The van der Waals surface area contributed by atoms with Gasteiger partial charge >= 0.3 is 0 Å². The molecule has 1 atom stereocenters. The van der Waals surface area contributed by atoms with Crippen molar-refractivity contribution in [2.45, 2.75) is 25.3 Å². The van der Waals surface area contributed by atoms with Crippen LogP contribution in [0.3, 0.4) is 0 Å². The van der Waals surface area contributed by atoms with Crippen LogP contribution in [0.5, 0.6) is 0 Å². The highest BCUT2D eigenvalue weighted by atomic mass is 16.5. The minimum atomic E-state index is 0.665. The van der Waals surface area contributed by atoms with Crippen molar-refractivity contribution in [1.82, 2.24) is 10.6 Å². The van der Waals surface area contributed by atoms with Gasteiger partial charge in [-0.2, -0.15) is 0 Å². The summed E-state index contributed by atoms with van der Waals surface area (Å²) in [6.07, 6.45) is 3.85. The molecule has 4 nitrogen and oxygen atoms in total. The SMILES string of the molecule is C1CNC(CCNC2=NCCOC2)C1. The fourth-order valence-electron chi connectivity index (χ4n) is 1.96. The minimum Gasteiger partial charge on any atom is -0.372 e. The zero-order chi connectivity index (χ0) is 9.64. The minimum absolute atomic E-state index is 0.665. The average molecular weight is 197 g/mol. The van der Waals surface area contributed by atoms with E-state index < -0.39 is 0 Å². The third-order valence-corrected chi connectivity index (χ3v) is 2.76. The molecule has 0 aromatic heterocycles. The lowest BCUT2D eigenvalue weighted by Gasteiger charge is -2.16. The van der Waals surface area contributed by atoms with Gasteiger partial charge in [0.05, 0.1) is 13.2 Å². The van der Waals surface area contributed by atoms with E-state index in [0.29, 0.717) is 12.6 Å². The molecule has 0 amide bonds. The second kappa shape index (κ2) is 5.32. The summed E-state index contributed by atoms with van der Waals surface area (Å²) in [6, 6.07) is 0.715. The van der Waals surface area contributed by atoms with E-state index in [1.807, 2.05) is 0 Å². The predicted molar refractivity (Wildman–Crippen MR) is 56.8 cm³/mol. The number of nitrogens with one attached hydrogen (secondary N) is 2. The molecule has 0 saturated carbocycles. The summed E-state index contributed by atoms with van der Waals surface area (Å²) in [7, 11) is 0. The van der Waals surface area contributed by atoms with Gasteiger partial charge in [-0.1, -0.05) is 0 Å². The van der Waals surface area contributed by atoms with Gasteiger partial charge in [-0.05, 0) is 25.8 Å². The molecule has 80 valence electrons. The van der Waals surface area contributed by atoms with Crippen LogP contribution in [0.25, 0.3) is 0 Å². The van der Waals surface area contributed by atoms with Crippen LogP contribution in [-0.2, 0) is 4.74 Å². The number of amidine groups is 1. The quantitative estimate of drug-likeness (QED) is 0.677. The van der Waals surface area contributed by atoms with Crippen LogP contribution in [0.1, 0.15) is 19.3 Å². The van der Waals surface area contributed by atoms with Crippen LogP contribution in [0.4, 0.5) is 0 Å². The lowest BCUT2D eigenvalue weighted by molar-refractivity contribution is 0.168. The van der Waals surface area contributed by atoms with Crippen molar-refractivity contribution in [3.05, 3.63) is 0 Å². The van der Waals surface area contributed by atoms with Crippen molar-refractivity contribution in [3.63, 3.8) is 0 Å². The summed E-state index contributed by atoms with van der Waals surface area (Å²) in [5.41, 5.74) is 0. The molecule has 1 fully saturated rings. The maximum absolute atomic E-state index is 5.30. The molecule has 2 aliphatic rings. The number of ether oxygens (including phenoxy) is 1. The highest BCUT2D eigenvalue weighted by molar-refractivity contribution is 5.83. The topological polar surface area (TPSA) is 45.7 Å². The highest BCUT2D eigenvalue weighted by Gasteiger charge is 2.13. The molecule has 2 aliphatic heterocycles. The maximum atomic E-state index is 5.30. The van der Waals surface area contributed by atoms with E-state index in [4.69, 9.17) is 4.74 Å². The van der Waals surface area contributed by atoms with Gasteiger partial charge in [0.15, 0.2) is 0 Å². The standard InChI is InChI=1S/C10H19N3O/c1-2-9(11-4-1)3-5-12-10-8-14-7-6-13-10/h9,11H,1-8H2,(H,12,13). The summed E-state index contributed by atoms with van der Waals surface area (Å²) >= 11 is 0. The Hall–Kier alpha value is -0.610. The normalized spacial score (nSPS) is 27.4. The van der Waals surface area contributed by atoms with Gasteiger partial charge in [0, 0.05) is 12.6 Å². The van der Waals surface area contributed by atoms with Crippen LogP contribution >= 0.6 is 0 Å². The first kappa shape index (κ1) is 9.93. The van der Waals surface area contributed by atoms with Crippen LogP contribution in [-0.4, -0.2) is 44.7 Å². The number of nitrogens with zero attached hydrogens (tertiary/aromatic N) is 1. The first-order valence-electron chi connectivity index (χ1n) is 5.53. The Morgan fingerprint density at radius 3 is 3.29 bits per heavy atom. The highest BCUT2D eigenvalue weighted by Crippen LogP contribution is 2.07. The molecule has 14 heavy (non-hydrogen) atoms. The van der Waals surface area contributed by atoms with Crippen LogP contribution in [0.15, 0.2) is 4.99 Å². The molecule has 0 bridgehead atoms. The summed E-state index contributed by atoms with van der Waals surface area (Å²) < 4.78 is 5.30. The zero-order valence-corrected chi connectivity index (χ0v) is 8.59. The predicted octanol–water partition coefficient (Wildman–Crippen LogP) is 0.147. The summed E-state index contributed by atoms with van der Waals surface area (Å²) in [4.78, 5) is 4.35. The molecule has 0 aromatic rings. The monoisotopic (exact) mass is 197 g/mol. The molecule has 2 rings (SSSR count). The smallest absolute Gasteiger partial charge is 0.123 e. The van der Waals surface area contributed by atoms with Crippen molar-refractivity contribution in [3.8, 4) is 0 Å². The second-order valence-corrected chi connectivity index (χ2v) is 3.89. The zero-order valence-electron chi connectivity index (χ0n) is 8.59. The van der Waals surface area contributed by atoms with E-state index in [1.165, 1.54) is 25.8 Å². The van der Waals surface area contributed by atoms with Gasteiger partial charge in [-0.25, -0.2) is 0 Å². The first-order chi connectivity index (χ1) is 6.95. The molecular formula is C10H19N3O. The Labute approximate surface area is 85.1 Å². The Kier molecular flexibility index (Phi) is 3.77. The molecule has 1 saturated heterocycles. The van der Waals surface area contributed by atoms with Gasteiger partial charge in [-0.15, -0.1) is 0 Å². The van der Waals surface area contributed by atoms with E-state index in [-0.39, 0.29) is 0 Å². The van der Waals surface area contributed by atoms with E-state index >= 15 is 0 Å². The van der Waals surface area contributed by atoms with Gasteiger partial charge < -0.3 is 15.4 Å². The molecule has 4 heteroatoms. The van der Waals surface area contributed by atoms with E-state index in [2.05, 4.69) is 15.6 Å². The Morgan fingerprint density at radius 1 is 1.57 bits per heavy atom. The number of rotatable bonds is 3. The number of aliphatic imine (C=N–C) groups is 1. The Morgan fingerprint density at radius 2 is 2.57 bits per heavy atom. The van der Waals surface area contributed by atoms with Crippen molar-refractivity contribution in [1.29, 1.82) is 0 Å². The van der Waals surface area contributed by atoms with Crippen molar-refractivity contribution >= 4 is 5.84 Å². The molecule has 0 radical (unpaired) electrons. The third kappa shape index (κ3) is 2.96. The lowest BCUT2D eigenvalue weighted by atomic mass is 10.1. The van der Waals surface area contributed by atoms with Crippen LogP contribution in [0.2, 0.25) is 0 Å². The molecule has 2 heterocycles. The van der Waals surface area contributed by atoms with Crippen molar-refractivity contribution < 1.29 is 4.74 Å². The third-order valence-electron chi connectivity index (χ3n) is 2.76. The van der Waals surface area contributed by atoms with Gasteiger partial charge in [-0.3, -0.25) is 4.99 Å². The average Bonchev–Trinajstić information content (AvgIpc) is 2.72. The van der Waals surface area contributed by atoms with Gasteiger partial charge in [0.1, 0.15) is 12.4 Å².